The van der Waals surface area contributed by atoms with Gasteiger partial charge in [0.15, 0.2) is 12.0 Å². The van der Waals surface area contributed by atoms with Crippen molar-refractivity contribution in [2.45, 2.75) is 44.2 Å². The van der Waals surface area contributed by atoms with Crippen LogP contribution in [0.1, 0.15) is 20.1 Å². The Hall–Kier alpha value is -1.64. The molecule has 2 bridgehead atoms. The maximum atomic E-state index is 12.0. The van der Waals surface area contributed by atoms with Crippen LogP contribution < -0.4 is 16.0 Å². The molecular weight excluding hydrogens is 268 g/mol. The third-order valence-corrected chi connectivity index (χ3v) is 3.72. The van der Waals surface area contributed by atoms with Crippen LogP contribution in [0.25, 0.3) is 0 Å². The summed E-state index contributed by atoms with van der Waals surface area (Å²) in [6, 6.07) is 1.24. The maximum Gasteiger partial charge on any atom is 0.333 e. The molecule has 1 N–H and O–H groups in total. The number of H-pyrrole nitrogens is 1. The number of aromatic nitrogens is 2. The lowest BCUT2D eigenvalue weighted by molar-refractivity contribution is -0.195. The highest BCUT2D eigenvalue weighted by atomic mass is 16.8. The summed E-state index contributed by atoms with van der Waals surface area (Å²) in [5.74, 6) is -0.538. The van der Waals surface area contributed by atoms with Gasteiger partial charge in [-0.15, -0.1) is 0 Å². The number of ether oxygens (including phenoxy) is 4. The van der Waals surface area contributed by atoms with Crippen LogP contribution >= 0.6 is 0 Å². The zero-order valence-electron chi connectivity index (χ0n) is 11.0. The summed E-state index contributed by atoms with van der Waals surface area (Å²) < 4.78 is 24.2. The molecule has 2 unspecified atom stereocenters. The molecule has 4 heterocycles. The first kappa shape index (κ1) is 12.1. The molecule has 3 aliphatic rings. The van der Waals surface area contributed by atoms with Crippen LogP contribution in [0, 0.1) is 0 Å². The van der Waals surface area contributed by atoms with E-state index in [0.717, 1.165) is 0 Å². The highest BCUT2D eigenvalue weighted by Gasteiger charge is 2.57. The summed E-state index contributed by atoms with van der Waals surface area (Å²) in [4.78, 5) is 25.6. The van der Waals surface area contributed by atoms with E-state index < -0.39 is 29.4 Å². The molecule has 0 aliphatic carbocycles. The fourth-order valence-electron chi connectivity index (χ4n) is 3.00. The Kier molecular flexibility index (Phi) is 2.25. The van der Waals surface area contributed by atoms with Crippen LogP contribution in [0.15, 0.2) is 15.7 Å². The molecule has 108 valence electrons. The van der Waals surface area contributed by atoms with Gasteiger partial charge in [0.25, 0.3) is 5.56 Å². The van der Waals surface area contributed by atoms with Crippen molar-refractivity contribution in [2.24, 2.45) is 0 Å². The standard InChI is InChI=1S/C12H14N2O6/c1-12(2)19-8-5-4-17-7-3-6(15)13-11(16)14(7)10(18-5)9(8)20-12/h3,5,8-10H,4H2,1-2H3,(H,13,15,16)/t5-,8?,9?,10-/m1/s1. The van der Waals surface area contributed by atoms with Crippen LogP contribution in [0.4, 0.5) is 0 Å². The van der Waals surface area contributed by atoms with Gasteiger partial charge in [-0.2, -0.15) is 0 Å². The Labute approximate surface area is 113 Å². The molecule has 0 aromatic carbocycles. The Morgan fingerprint density at radius 2 is 2.05 bits per heavy atom. The highest BCUT2D eigenvalue weighted by Crippen LogP contribution is 2.44. The van der Waals surface area contributed by atoms with Crippen molar-refractivity contribution in [3.63, 3.8) is 0 Å². The number of rotatable bonds is 0. The molecule has 8 heteroatoms. The SMILES string of the molecule is CC1(C)OC2C(O1)[C@H]1COc3cc(=O)[nH]c(=O)n3[C@@H]2O1. The van der Waals surface area contributed by atoms with E-state index >= 15 is 0 Å². The van der Waals surface area contributed by atoms with E-state index in [4.69, 9.17) is 18.9 Å². The van der Waals surface area contributed by atoms with Crippen LogP contribution in [0.3, 0.4) is 0 Å². The van der Waals surface area contributed by atoms with Crippen molar-refractivity contribution in [1.82, 2.24) is 9.55 Å². The molecule has 1 aromatic heterocycles. The summed E-state index contributed by atoms with van der Waals surface area (Å²) in [5, 5.41) is 0. The number of aromatic amines is 1. The first-order valence-corrected chi connectivity index (χ1v) is 6.44. The molecule has 0 radical (unpaired) electrons. The number of hydrogen-bond donors (Lipinski definition) is 1. The minimum Gasteiger partial charge on any atom is -0.476 e. The predicted octanol–water partition coefficient (Wildman–Crippen LogP) is -0.653. The smallest absolute Gasteiger partial charge is 0.333 e. The van der Waals surface area contributed by atoms with Gasteiger partial charge < -0.3 is 18.9 Å². The Bertz CT molecular complexity index is 677. The normalized spacial score (nSPS) is 36.9. The van der Waals surface area contributed by atoms with Crippen molar-refractivity contribution in [3.8, 4) is 5.88 Å². The fraction of sp³-hybridized carbons (Fsp3) is 0.667. The molecule has 0 amide bonds. The predicted molar refractivity (Wildman–Crippen MR) is 64.6 cm³/mol. The quantitative estimate of drug-likeness (QED) is 0.679. The minimum absolute atomic E-state index is 0.193. The molecular formula is C12H14N2O6. The minimum atomic E-state index is -0.730. The van der Waals surface area contributed by atoms with E-state index in [1.807, 2.05) is 13.8 Å². The summed E-state index contributed by atoms with van der Waals surface area (Å²) in [6.45, 7) is 3.84. The maximum absolute atomic E-state index is 12.0. The van der Waals surface area contributed by atoms with Gasteiger partial charge in [0.1, 0.15) is 24.9 Å². The molecule has 2 saturated heterocycles. The number of nitrogens with zero attached hydrogens (tertiary/aromatic N) is 1. The second-order valence-corrected chi connectivity index (χ2v) is 5.59. The van der Waals surface area contributed by atoms with Crippen LogP contribution in [0.2, 0.25) is 0 Å². The van der Waals surface area contributed by atoms with Gasteiger partial charge in [-0.3, -0.25) is 9.78 Å². The third-order valence-electron chi connectivity index (χ3n) is 3.72. The van der Waals surface area contributed by atoms with Crippen LogP contribution in [0.5, 0.6) is 5.88 Å². The van der Waals surface area contributed by atoms with Crippen LogP contribution in [-0.4, -0.2) is 40.3 Å². The van der Waals surface area contributed by atoms with Gasteiger partial charge in [0.05, 0.1) is 6.07 Å². The van der Waals surface area contributed by atoms with Gasteiger partial charge in [0, 0.05) is 0 Å². The highest BCUT2D eigenvalue weighted by molar-refractivity contribution is 5.14. The monoisotopic (exact) mass is 282 g/mol. The second-order valence-electron chi connectivity index (χ2n) is 5.59. The van der Waals surface area contributed by atoms with Crippen molar-refractivity contribution < 1.29 is 18.9 Å². The zero-order valence-corrected chi connectivity index (χ0v) is 11.0. The molecule has 3 aliphatic heterocycles. The van der Waals surface area contributed by atoms with Crippen molar-refractivity contribution in [1.29, 1.82) is 0 Å². The Morgan fingerprint density at radius 3 is 2.85 bits per heavy atom. The first-order valence-electron chi connectivity index (χ1n) is 6.44. The Morgan fingerprint density at radius 1 is 1.30 bits per heavy atom. The number of hydrogen-bond acceptors (Lipinski definition) is 6. The second kappa shape index (κ2) is 3.72. The zero-order chi connectivity index (χ0) is 14.1. The van der Waals surface area contributed by atoms with E-state index in [1.165, 1.54) is 10.6 Å². The van der Waals surface area contributed by atoms with Gasteiger partial charge in [-0.05, 0) is 13.8 Å². The lowest BCUT2D eigenvalue weighted by atomic mass is 10.1. The largest absolute Gasteiger partial charge is 0.476 e. The molecule has 8 nitrogen and oxygen atoms in total. The summed E-state index contributed by atoms with van der Waals surface area (Å²) >= 11 is 0. The third kappa shape index (κ3) is 1.58. The average molecular weight is 282 g/mol. The van der Waals surface area contributed by atoms with Crippen molar-refractivity contribution in [2.75, 3.05) is 6.61 Å². The molecule has 1 aromatic rings. The number of nitrogens with one attached hydrogen (secondary N) is 1. The number of fused-ring (bicyclic) bond motifs is 7. The molecule has 0 saturated carbocycles. The summed E-state index contributed by atoms with van der Waals surface area (Å²) in [6.07, 6.45) is -1.68. The topological polar surface area (TPSA) is 91.8 Å². The van der Waals surface area contributed by atoms with E-state index in [0.29, 0.717) is 0 Å². The van der Waals surface area contributed by atoms with Gasteiger partial charge in [-0.25, -0.2) is 9.36 Å². The lowest BCUT2D eigenvalue weighted by Gasteiger charge is -2.22. The van der Waals surface area contributed by atoms with Gasteiger partial charge >= 0.3 is 5.69 Å². The van der Waals surface area contributed by atoms with Crippen molar-refractivity contribution >= 4 is 0 Å². The van der Waals surface area contributed by atoms with E-state index in [9.17, 15) is 9.59 Å². The fourth-order valence-corrected chi connectivity index (χ4v) is 3.00. The van der Waals surface area contributed by atoms with Crippen molar-refractivity contribution in [3.05, 3.63) is 26.9 Å². The molecule has 0 spiro atoms. The average Bonchev–Trinajstić information content (AvgIpc) is 2.72. The van der Waals surface area contributed by atoms with E-state index in [-0.39, 0.29) is 24.7 Å². The molecule has 20 heavy (non-hydrogen) atoms. The summed E-state index contributed by atoms with van der Waals surface area (Å²) in [7, 11) is 0. The first-order chi connectivity index (χ1) is 9.44. The van der Waals surface area contributed by atoms with Crippen LogP contribution in [-0.2, 0) is 14.2 Å². The summed E-state index contributed by atoms with van der Waals surface area (Å²) in [5.41, 5.74) is -1.08. The lowest BCUT2D eigenvalue weighted by Crippen LogP contribution is -2.39. The Balaban J connectivity index is 1.85. The van der Waals surface area contributed by atoms with Gasteiger partial charge in [-0.1, -0.05) is 0 Å². The van der Waals surface area contributed by atoms with E-state index in [2.05, 4.69) is 4.98 Å². The molecule has 2 fully saturated rings. The van der Waals surface area contributed by atoms with E-state index in [1.54, 1.807) is 0 Å². The van der Waals surface area contributed by atoms with Gasteiger partial charge in [0.2, 0.25) is 5.88 Å². The molecule has 4 rings (SSSR count). The molecule has 4 atom stereocenters.